The molecule has 10 nitrogen and oxygen atoms in total. The maximum Gasteiger partial charge on any atom is 0.262 e. The Hall–Kier alpha value is -3.80. The quantitative estimate of drug-likeness (QED) is 0.369. The first-order chi connectivity index (χ1) is 19.1. The molecular formula is C28H31ClN4O6S. The first kappa shape index (κ1) is 29.2. The lowest BCUT2D eigenvalue weighted by atomic mass is 10.1. The molecule has 1 saturated heterocycles. The van der Waals surface area contributed by atoms with E-state index in [0.717, 1.165) is 13.1 Å². The Morgan fingerprint density at radius 1 is 0.900 bits per heavy atom. The Bertz CT molecular complexity index is 1440. The topological polar surface area (TPSA) is 117 Å². The van der Waals surface area contributed by atoms with E-state index in [0.29, 0.717) is 42.4 Å². The molecule has 0 atom stereocenters. The Labute approximate surface area is 238 Å². The highest BCUT2D eigenvalue weighted by molar-refractivity contribution is 7.92. The predicted octanol–water partition coefficient (Wildman–Crippen LogP) is 3.94. The van der Waals surface area contributed by atoms with Crippen molar-refractivity contribution in [1.82, 2.24) is 9.80 Å². The van der Waals surface area contributed by atoms with Crippen LogP contribution in [0.3, 0.4) is 0 Å². The van der Waals surface area contributed by atoms with Crippen molar-refractivity contribution in [2.24, 2.45) is 0 Å². The van der Waals surface area contributed by atoms with Gasteiger partial charge in [-0.25, -0.2) is 8.42 Å². The molecule has 1 fully saturated rings. The van der Waals surface area contributed by atoms with Crippen molar-refractivity contribution in [1.29, 1.82) is 0 Å². The van der Waals surface area contributed by atoms with E-state index in [1.807, 2.05) is 18.9 Å². The van der Waals surface area contributed by atoms with E-state index in [1.165, 1.54) is 18.2 Å². The molecule has 0 aliphatic carbocycles. The maximum absolute atomic E-state index is 12.8. The maximum atomic E-state index is 12.8. The number of sulfonamides is 1. The zero-order valence-electron chi connectivity index (χ0n) is 22.2. The average Bonchev–Trinajstić information content (AvgIpc) is 2.94. The van der Waals surface area contributed by atoms with Gasteiger partial charge in [0.2, 0.25) is 0 Å². The summed E-state index contributed by atoms with van der Waals surface area (Å²) in [6, 6.07) is 17.2. The van der Waals surface area contributed by atoms with Crippen LogP contribution in [0, 0.1) is 0 Å². The summed E-state index contributed by atoms with van der Waals surface area (Å²) >= 11 is 6.25. The number of nitrogens with zero attached hydrogens (tertiary/aromatic N) is 2. The van der Waals surface area contributed by atoms with Gasteiger partial charge in [0, 0.05) is 43.1 Å². The SMILES string of the molecule is CCOc1ccc(NS(=O)(=O)c2ccc(OCC(=O)Nc3ccc(C(=O)N4CCN(C)CC4)cc3)c(Cl)c2)cc1. The van der Waals surface area contributed by atoms with E-state index in [-0.39, 0.29) is 28.2 Å². The fourth-order valence-corrected chi connectivity index (χ4v) is 5.38. The van der Waals surface area contributed by atoms with Crippen LogP contribution in [0.4, 0.5) is 11.4 Å². The number of hydrogen-bond donors (Lipinski definition) is 2. The van der Waals surface area contributed by atoms with Crippen LogP contribution in [-0.4, -0.2) is 76.5 Å². The molecule has 40 heavy (non-hydrogen) atoms. The number of nitrogens with one attached hydrogen (secondary N) is 2. The molecule has 2 amide bonds. The van der Waals surface area contributed by atoms with E-state index < -0.39 is 15.9 Å². The number of amides is 2. The molecule has 1 heterocycles. The lowest BCUT2D eigenvalue weighted by molar-refractivity contribution is -0.118. The van der Waals surface area contributed by atoms with Gasteiger partial charge in [0.05, 0.1) is 16.5 Å². The summed E-state index contributed by atoms with van der Waals surface area (Å²) in [6.45, 7) is 5.05. The van der Waals surface area contributed by atoms with Crippen molar-refractivity contribution < 1.29 is 27.5 Å². The number of hydrogen-bond acceptors (Lipinski definition) is 7. The summed E-state index contributed by atoms with van der Waals surface area (Å²) in [5.74, 6) is 0.310. The number of anilines is 2. The average molecular weight is 587 g/mol. The summed E-state index contributed by atoms with van der Waals surface area (Å²) in [5.41, 5.74) is 1.43. The summed E-state index contributed by atoms with van der Waals surface area (Å²) < 4.78 is 38.9. The second-order valence-electron chi connectivity index (χ2n) is 9.16. The van der Waals surface area contributed by atoms with Crippen LogP contribution in [0.15, 0.2) is 71.6 Å². The molecule has 3 aromatic carbocycles. The summed E-state index contributed by atoms with van der Waals surface area (Å²) in [6.07, 6.45) is 0. The highest BCUT2D eigenvalue weighted by Gasteiger charge is 2.20. The number of rotatable bonds is 10. The minimum Gasteiger partial charge on any atom is -0.494 e. The molecule has 0 unspecified atom stereocenters. The van der Waals surface area contributed by atoms with Gasteiger partial charge in [0.15, 0.2) is 6.61 Å². The van der Waals surface area contributed by atoms with E-state index in [4.69, 9.17) is 21.1 Å². The molecule has 2 N–H and O–H groups in total. The molecule has 0 spiro atoms. The van der Waals surface area contributed by atoms with Crippen molar-refractivity contribution in [3.63, 3.8) is 0 Å². The Kier molecular flexibility index (Phi) is 9.51. The van der Waals surface area contributed by atoms with Crippen LogP contribution in [0.2, 0.25) is 5.02 Å². The van der Waals surface area contributed by atoms with Crippen molar-refractivity contribution >= 4 is 44.8 Å². The minimum atomic E-state index is -3.91. The minimum absolute atomic E-state index is 0.0362. The first-order valence-corrected chi connectivity index (χ1v) is 14.6. The molecule has 0 radical (unpaired) electrons. The second kappa shape index (κ2) is 13.0. The van der Waals surface area contributed by atoms with Crippen LogP contribution >= 0.6 is 11.6 Å². The van der Waals surface area contributed by atoms with E-state index >= 15 is 0 Å². The number of halogens is 1. The standard InChI is InChI=1S/C28H31ClN4O6S/c1-3-38-23-10-8-22(9-11-23)31-40(36,37)24-12-13-26(25(29)18-24)39-19-27(34)30-21-6-4-20(5-7-21)28(35)33-16-14-32(2)15-17-33/h4-13,18,31H,3,14-17,19H2,1-2H3,(H,30,34). The Balaban J connectivity index is 1.29. The Morgan fingerprint density at radius 3 is 2.17 bits per heavy atom. The molecule has 1 aliphatic heterocycles. The molecule has 4 rings (SSSR count). The third-order valence-electron chi connectivity index (χ3n) is 6.20. The van der Waals surface area contributed by atoms with Crippen LogP contribution in [0.5, 0.6) is 11.5 Å². The zero-order valence-corrected chi connectivity index (χ0v) is 23.8. The van der Waals surface area contributed by atoms with E-state index in [9.17, 15) is 18.0 Å². The highest BCUT2D eigenvalue weighted by Crippen LogP contribution is 2.29. The van der Waals surface area contributed by atoms with Crippen molar-refractivity contribution in [2.45, 2.75) is 11.8 Å². The number of benzene rings is 3. The largest absolute Gasteiger partial charge is 0.494 e. The monoisotopic (exact) mass is 586 g/mol. The zero-order chi connectivity index (χ0) is 28.7. The van der Waals surface area contributed by atoms with Crippen LogP contribution in [0.25, 0.3) is 0 Å². The highest BCUT2D eigenvalue weighted by atomic mass is 35.5. The van der Waals surface area contributed by atoms with Gasteiger partial charge in [0.1, 0.15) is 11.5 Å². The van der Waals surface area contributed by atoms with Gasteiger partial charge in [-0.15, -0.1) is 0 Å². The first-order valence-electron chi connectivity index (χ1n) is 12.7. The predicted molar refractivity (Wildman–Crippen MR) is 154 cm³/mol. The molecule has 1 aliphatic rings. The normalized spacial score (nSPS) is 13.9. The fourth-order valence-electron chi connectivity index (χ4n) is 3.99. The van der Waals surface area contributed by atoms with Crippen LogP contribution in [-0.2, 0) is 14.8 Å². The lowest BCUT2D eigenvalue weighted by Crippen LogP contribution is -2.47. The third-order valence-corrected chi connectivity index (χ3v) is 7.87. The summed E-state index contributed by atoms with van der Waals surface area (Å²) in [4.78, 5) is 29.0. The van der Waals surface area contributed by atoms with Gasteiger partial charge < -0.3 is 24.6 Å². The van der Waals surface area contributed by atoms with Crippen molar-refractivity contribution in [2.75, 3.05) is 56.5 Å². The molecule has 0 aromatic heterocycles. The van der Waals surface area contributed by atoms with Gasteiger partial charge >= 0.3 is 0 Å². The van der Waals surface area contributed by atoms with Gasteiger partial charge in [-0.3, -0.25) is 14.3 Å². The Morgan fingerprint density at radius 2 is 1.55 bits per heavy atom. The van der Waals surface area contributed by atoms with Gasteiger partial charge in [-0.2, -0.15) is 0 Å². The lowest BCUT2D eigenvalue weighted by Gasteiger charge is -2.32. The molecule has 12 heteroatoms. The van der Waals surface area contributed by atoms with E-state index in [2.05, 4.69) is 14.9 Å². The van der Waals surface area contributed by atoms with Gasteiger partial charge in [0.25, 0.3) is 21.8 Å². The van der Waals surface area contributed by atoms with Crippen LogP contribution < -0.4 is 19.5 Å². The number of likely N-dealkylation sites (N-methyl/N-ethyl adjacent to an activating group) is 1. The fraction of sp³-hybridized carbons (Fsp3) is 0.286. The van der Waals surface area contributed by atoms with Gasteiger partial charge in [-0.1, -0.05) is 11.6 Å². The third kappa shape index (κ3) is 7.65. The smallest absolute Gasteiger partial charge is 0.262 e. The van der Waals surface area contributed by atoms with Crippen molar-refractivity contribution in [3.05, 3.63) is 77.3 Å². The molecular weight excluding hydrogens is 556 g/mol. The summed E-state index contributed by atoms with van der Waals surface area (Å²) in [7, 11) is -1.88. The molecule has 0 saturated carbocycles. The van der Waals surface area contributed by atoms with Crippen LogP contribution in [0.1, 0.15) is 17.3 Å². The van der Waals surface area contributed by atoms with Crippen molar-refractivity contribution in [3.8, 4) is 11.5 Å². The van der Waals surface area contributed by atoms with E-state index in [1.54, 1.807) is 48.5 Å². The molecule has 0 bridgehead atoms. The number of piperazine rings is 1. The molecule has 212 valence electrons. The number of carbonyl (C=O) groups excluding carboxylic acids is 2. The molecule has 3 aromatic rings. The van der Waals surface area contributed by atoms with Gasteiger partial charge in [-0.05, 0) is 80.7 Å². The number of ether oxygens (including phenoxy) is 2. The summed E-state index contributed by atoms with van der Waals surface area (Å²) in [5, 5.41) is 2.74. The second-order valence-corrected chi connectivity index (χ2v) is 11.3. The number of carbonyl (C=O) groups is 2.